The van der Waals surface area contributed by atoms with Crippen molar-refractivity contribution in [3.63, 3.8) is 0 Å². The quantitative estimate of drug-likeness (QED) is 0.528. The number of morpholine rings is 1. The Balaban J connectivity index is 0.00000272. The van der Waals surface area contributed by atoms with E-state index >= 15 is 0 Å². The maximum absolute atomic E-state index is 14.2. The van der Waals surface area contributed by atoms with Crippen molar-refractivity contribution in [2.24, 2.45) is 0 Å². The average Bonchev–Trinajstić information content (AvgIpc) is 3.15. The number of fused-ring (bicyclic) bond motifs is 1. The van der Waals surface area contributed by atoms with Crippen molar-refractivity contribution in [1.29, 1.82) is 0 Å². The molecule has 1 aromatic heterocycles. The van der Waals surface area contributed by atoms with Crippen molar-refractivity contribution in [1.82, 2.24) is 9.88 Å². The predicted octanol–water partition coefficient (Wildman–Crippen LogP) is 4.67. The molecule has 0 unspecified atom stereocenters. The van der Waals surface area contributed by atoms with E-state index in [9.17, 15) is 13.6 Å². The van der Waals surface area contributed by atoms with Crippen LogP contribution in [-0.2, 0) is 4.74 Å². The lowest BCUT2D eigenvalue weighted by atomic mass is 10.1. The number of carbonyl (C=O) groups is 1. The summed E-state index contributed by atoms with van der Waals surface area (Å²) in [6.07, 6.45) is 0.740. The third-order valence-corrected chi connectivity index (χ3v) is 6.13. The molecule has 5 nitrogen and oxygen atoms in total. The van der Waals surface area contributed by atoms with Crippen LogP contribution in [-0.4, -0.2) is 55.2 Å². The molecule has 2 aromatic carbocycles. The zero-order chi connectivity index (χ0) is 21.1. The first kappa shape index (κ1) is 23.5. The lowest BCUT2D eigenvalue weighted by molar-refractivity contribution is 0.0376. The topological polar surface area (TPSA) is 45.7 Å². The van der Waals surface area contributed by atoms with E-state index in [1.54, 1.807) is 11.0 Å². The molecule has 4 rings (SSSR count). The molecule has 31 heavy (non-hydrogen) atoms. The number of nitrogens with zero attached hydrogens (tertiary/aromatic N) is 3. The number of hydrogen-bond donors (Lipinski definition) is 0. The highest BCUT2D eigenvalue weighted by molar-refractivity contribution is 7.22. The van der Waals surface area contributed by atoms with Crippen LogP contribution in [0.15, 0.2) is 36.4 Å². The maximum atomic E-state index is 14.2. The Hall–Kier alpha value is -2.13. The highest BCUT2D eigenvalue weighted by Crippen LogP contribution is 2.32. The van der Waals surface area contributed by atoms with Crippen LogP contribution < -0.4 is 4.90 Å². The summed E-state index contributed by atoms with van der Waals surface area (Å²) in [5, 5.41) is 0.378. The van der Waals surface area contributed by atoms with Gasteiger partial charge in [-0.1, -0.05) is 29.0 Å². The van der Waals surface area contributed by atoms with Gasteiger partial charge in [0.15, 0.2) is 10.9 Å². The second-order valence-electron chi connectivity index (χ2n) is 7.36. The second-order valence-corrected chi connectivity index (χ2v) is 8.37. The van der Waals surface area contributed by atoms with Gasteiger partial charge in [-0.05, 0) is 31.5 Å². The standard InChI is InChI=1S/C22H23F2N3O2S.ClH/c1-15-4-2-5-16(12-15)21(28)27(7-3-6-26-8-10-29-11-9-26)22-25-20-18(24)13-17(23)14-19(20)30-22;/h2,4-5,12-14H,3,6-11H2,1H3;1H. The molecule has 0 bridgehead atoms. The summed E-state index contributed by atoms with van der Waals surface area (Å²) in [4.78, 5) is 21.5. The fourth-order valence-electron chi connectivity index (χ4n) is 3.56. The molecule has 0 radical (unpaired) electrons. The van der Waals surface area contributed by atoms with Crippen LogP contribution in [0.1, 0.15) is 22.3 Å². The van der Waals surface area contributed by atoms with Gasteiger partial charge in [-0.3, -0.25) is 14.6 Å². The van der Waals surface area contributed by atoms with E-state index in [0.29, 0.717) is 35.2 Å². The number of ether oxygens (including phenoxy) is 1. The van der Waals surface area contributed by atoms with Crippen LogP contribution in [0.5, 0.6) is 0 Å². The number of carbonyl (C=O) groups excluding carboxylic acids is 1. The summed E-state index contributed by atoms with van der Waals surface area (Å²) in [5.41, 5.74) is 1.62. The van der Waals surface area contributed by atoms with Gasteiger partial charge < -0.3 is 4.74 Å². The summed E-state index contributed by atoms with van der Waals surface area (Å²) in [6.45, 7) is 6.37. The van der Waals surface area contributed by atoms with Crippen LogP contribution in [0.3, 0.4) is 0 Å². The van der Waals surface area contributed by atoms with Gasteiger partial charge in [0.05, 0.1) is 17.9 Å². The monoisotopic (exact) mass is 467 g/mol. The van der Waals surface area contributed by atoms with Gasteiger partial charge in [0, 0.05) is 37.8 Å². The molecule has 1 fully saturated rings. The molecule has 2 heterocycles. The summed E-state index contributed by atoms with van der Waals surface area (Å²) < 4.78 is 33.6. The van der Waals surface area contributed by atoms with E-state index in [4.69, 9.17) is 4.74 Å². The van der Waals surface area contributed by atoms with Gasteiger partial charge in [0.1, 0.15) is 11.3 Å². The van der Waals surface area contributed by atoms with E-state index < -0.39 is 11.6 Å². The van der Waals surface area contributed by atoms with Crippen LogP contribution in [0, 0.1) is 18.6 Å². The molecule has 1 amide bonds. The molecule has 0 N–H and O–H groups in total. The van der Waals surface area contributed by atoms with Crippen molar-refractivity contribution in [3.05, 3.63) is 59.2 Å². The third-order valence-electron chi connectivity index (χ3n) is 5.10. The first-order chi connectivity index (χ1) is 14.5. The van der Waals surface area contributed by atoms with Gasteiger partial charge in [-0.2, -0.15) is 0 Å². The van der Waals surface area contributed by atoms with E-state index in [-0.39, 0.29) is 23.8 Å². The number of aromatic nitrogens is 1. The molecule has 0 saturated carbocycles. The number of hydrogen-bond acceptors (Lipinski definition) is 5. The molecule has 1 aliphatic heterocycles. The van der Waals surface area contributed by atoms with E-state index in [0.717, 1.165) is 49.0 Å². The highest BCUT2D eigenvalue weighted by atomic mass is 35.5. The SMILES string of the molecule is Cc1cccc(C(=O)N(CCCN2CCOCC2)c2nc3c(F)cc(F)cc3s2)c1.Cl. The third kappa shape index (κ3) is 5.57. The van der Waals surface area contributed by atoms with Crippen molar-refractivity contribution in [2.75, 3.05) is 44.3 Å². The van der Waals surface area contributed by atoms with Crippen molar-refractivity contribution in [2.45, 2.75) is 13.3 Å². The number of benzene rings is 2. The van der Waals surface area contributed by atoms with Crippen LogP contribution >= 0.6 is 23.7 Å². The fraction of sp³-hybridized carbons (Fsp3) is 0.364. The Morgan fingerprint density at radius 2 is 2.00 bits per heavy atom. The van der Waals surface area contributed by atoms with Crippen LogP contribution in [0.25, 0.3) is 10.2 Å². The maximum Gasteiger partial charge on any atom is 0.260 e. The number of thiazole rings is 1. The predicted molar refractivity (Wildman–Crippen MR) is 122 cm³/mol. The van der Waals surface area contributed by atoms with Gasteiger partial charge in [-0.15, -0.1) is 12.4 Å². The van der Waals surface area contributed by atoms with Gasteiger partial charge in [0.25, 0.3) is 5.91 Å². The summed E-state index contributed by atoms with van der Waals surface area (Å²) in [5.74, 6) is -1.57. The number of aryl methyl sites for hydroxylation is 1. The molecule has 0 aliphatic carbocycles. The zero-order valence-electron chi connectivity index (χ0n) is 17.1. The molecular formula is C22H24ClF2N3O2S. The molecule has 9 heteroatoms. The minimum Gasteiger partial charge on any atom is -0.379 e. The Morgan fingerprint density at radius 1 is 1.23 bits per heavy atom. The molecule has 1 saturated heterocycles. The molecule has 3 aromatic rings. The normalized spacial score (nSPS) is 14.4. The van der Waals surface area contributed by atoms with Gasteiger partial charge >= 0.3 is 0 Å². The number of rotatable bonds is 6. The molecule has 166 valence electrons. The summed E-state index contributed by atoms with van der Waals surface area (Å²) in [6, 6.07) is 9.42. The van der Waals surface area contributed by atoms with Crippen LogP contribution in [0.4, 0.5) is 13.9 Å². The number of amides is 1. The first-order valence-corrected chi connectivity index (χ1v) is 10.8. The lowest BCUT2D eigenvalue weighted by Crippen LogP contribution is -2.39. The summed E-state index contributed by atoms with van der Waals surface area (Å²) in [7, 11) is 0. The van der Waals surface area contributed by atoms with Crippen LogP contribution in [0.2, 0.25) is 0 Å². The lowest BCUT2D eigenvalue weighted by Gasteiger charge is -2.27. The Kier molecular flexibility index (Phi) is 7.94. The fourth-order valence-corrected chi connectivity index (χ4v) is 4.59. The Morgan fingerprint density at radius 3 is 2.74 bits per heavy atom. The smallest absolute Gasteiger partial charge is 0.260 e. The largest absolute Gasteiger partial charge is 0.379 e. The number of anilines is 1. The second kappa shape index (κ2) is 10.5. The first-order valence-electron chi connectivity index (χ1n) is 9.95. The molecule has 0 atom stereocenters. The number of halogens is 3. The molecule has 0 spiro atoms. The van der Waals surface area contributed by atoms with E-state index in [1.807, 2.05) is 25.1 Å². The summed E-state index contributed by atoms with van der Waals surface area (Å²) >= 11 is 1.13. The zero-order valence-corrected chi connectivity index (χ0v) is 18.8. The minimum atomic E-state index is -0.719. The average molecular weight is 468 g/mol. The minimum absolute atomic E-state index is 0. The van der Waals surface area contributed by atoms with Crippen molar-refractivity contribution < 1.29 is 18.3 Å². The van der Waals surface area contributed by atoms with E-state index in [2.05, 4.69) is 9.88 Å². The van der Waals surface area contributed by atoms with Crippen molar-refractivity contribution >= 4 is 45.0 Å². The van der Waals surface area contributed by atoms with E-state index in [1.165, 1.54) is 6.07 Å². The van der Waals surface area contributed by atoms with Gasteiger partial charge in [0.2, 0.25) is 0 Å². The van der Waals surface area contributed by atoms with Crippen molar-refractivity contribution in [3.8, 4) is 0 Å². The molecule has 1 aliphatic rings. The van der Waals surface area contributed by atoms with Gasteiger partial charge in [-0.25, -0.2) is 13.8 Å². The Bertz CT molecular complexity index is 1060. The molecular weight excluding hydrogens is 444 g/mol. The Labute approximate surface area is 190 Å². The highest BCUT2D eigenvalue weighted by Gasteiger charge is 2.23.